The van der Waals surface area contributed by atoms with Gasteiger partial charge in [-0.05, 0) is 103 Å². The number of hydrogen-bond donors (Lipinski definition) is 30. The van der Waals surface area contributed by atoms with Crippen molar-refractivity contribution in [2.75, 3.05) is 130 Å². The molecule has 0 aliphatic heterocycles. The minimum atomic E-state index is -1.61. The van der Waals surface area contributed by atoms with Gasteiger partial charge in [0.25, 0.3) is 6.04 Å². The smallest absolute Gasteiger partial charge is 0.303 e. The number of aliphatic hydroxyl groups excluding tert-OH is 24. The van der Waals surface area contributed by atoms with E-state index >= 15 is 0 Å². The molecule has 41 nitrogen and oxygen atoms in total. The SMILES string of the molecule is C#CCOCC(O)CO.C=C(C)COC(C)(O)CO.C=C(O)C(C)(O)C(C)OC(O)CCO.C=CC(Cl)SCC(O)CO.C=CCOCC(O)CO.CC(=O)OC(SCC(O)CO)C(O)CCO.CC(O)C(C)(C)O.CC(O)C(C)(O)COC(O)CCO.CCC(C)(O)CO.CCC(O)(C(C)O)C(C)(C)OC(O)CCO.O=[N+]([O-])C(CO)CO. The number of thioether (sulfide) groups is 2. The molecule has 0 aliphatic rings. The topological polar surface area (TPSA) is 732 Å². The van der Waals surface area contributed by atoms with Crippen LogP contribution in [-0.4, -0.2) is 424 Å². The number of carbonyl (C=O) groups excluding carboxylic acids is 1. The van der Waals surface area contributed by atoms with Gasteiger partial charge in [-0.15, -0.1) is 54.7 Å². The first kappa shape index (κ1) is 139. The number of hydrogen-bond acceptors (Lipinski definition) is 42. The normalized spacial score (nSPS) is 17.0. The average molecular weight is 1810 g/mol. The van der Waals surface area contributed by atoms with Crippen molar-refractivity contribution in [3.8, 4) is 12.3 Å². The van der Waals surface area contributed by atoms with Gasteiger partial charge in [0.2, 0.25) is 0 Å². The number of carbonyl (C=O) groups is 1. The summed E-state index contributed by atoms with van der Waals surface area (Å²) in [6.07, 6.45) is -1.76. The fourth-order valence-corrected chi connectivity index (χ4v) is 7.65. The number of ether oxygens (including phenoxy) is 7. The maximum atomic E-state index is 10.8. The second-order valence-corrected chi connectivity index (χ2v) is 30.7. The summed E-state index contributed by atoms with van der Waals surface area (Å²) in [7, 11) is 0. The zero-order valence-electron chi connectivity index (χ0n) is 72.2. The van der Waals surface area contributed by atoms with Crippen LogP contribution in [0.3, 0.4) is 0 Å². The van der Waals surface area contributed by atoms with Crippen LogP contribution in [0.15, 0.2) is 49.8 Å². The minimum absolute atomic E-state index is 0.0539. The van der Waals surface area contributed by atoms with Crippen LogP contribution in [0.4, 0.5) is 0 Å². The Kier molecular flexibility index (Phi) is 96.9. The van der Waals surface area contributed by atoms with E-state index in [1.165, 1.54) is 60.2 Å². The molecule has 119 heavy (non-hydrogen) atoms. The van der Waals surface area contributed by atoms with E-state index in [-0.39, 0.29) is 122 Å². The fraction of sp³-hybridized carbons (Fsp3) is 0.853. The Morgan fingerprint density at radius 2 is 1.02 bits per heavy atom. The quantitative estimate of drug-likeness (QED) is 0.00318. The lowest BCUT2D eigenvalue weighted by Gasteiger charge is -2.44. The highest BCUT2D eigenvalue weighted by Gasteiger charge is 2.48. The first-order valence-electron chi connectivity index (χ1n) is 37.3. The molecule has 0 radical (unpaired) electrons. The average Bonchev–Trinajstić information content (AvgIpc) is 0.792. The van der Waals surface area contributed by atoms with E-state index in [1.54, 1.807) is 67.5 Å². The molecule has 0 aliphatic carbocycles. The number of nitro groups is 1. The van der Waals surface area contributed by atoms with Crippen LogP contribution >= 0.6 is 35.1 Å². The lowest BCUT2D eigenvalue weighted by atomic mass is 9.79. The van der Waals surface area contributed by atoms with Crippen molar-refractivity contribution in [3.05, 3.63) is 59.9 Å². The number of halogens is 1. The molecule has 44 heteroatoms. The predicted octanol–water partition coefficient (Wildman–Crippen LogP) is -4.01. The van der Waals surface area contributed by atoms with Crippen molar-refractivity contribution in [1.29, 1.82) is 0 Å². The van der Waals surface area contributed by atoms with E-state index in [1.807, 2.05) is 6.92 Å². The van der Waals surface area contributed by atoms with E-state index in [4.69, 9.17) is 169 Å². The van der Waals surface area contributed by atoms with Crippen LogP contribution in [-0.2, 0) is 38.0 Å². The Labute approximate surface area is 715 Å². The summed E-state index contributed by atoms with van der Waals surface area (Å²) in [6.45, 7) is 35.5. The predicted molar refractivity (Wildman–Crippen MR) is 447 cm³/mol. The lowest BCUT2D eigenvalue weighted by Crippen LogP contribution is -2.59. The van der Waals surface area contributed by atoms with E-state index in [2.05, 4.69) is 37.0 Å². The zero-order chi connectivity index (χ0) is 96.3. The molecular formula is C75H156ClNO40S2. The molecule has 19 unspecified atom stereocenters. The highest BCUT2D eigenvalue weighted by molar-refractivity contribution is 8.01. The van der Waals surface area contributed by atoms with Gasteiger partial charge < -0.3 is 186 Å². The van der Waals surface area contributed by atoms with E-state index in [9.17, 15) is 45.5 Å². The molecule has 0 bridgehead atoms. The molecule has 0 rings (SSSR count). The van der Waals surface area contributed by atoms with Crippen molar-refractivity contribution in [3.63, 3.8) is 0 Å². The van der Waals surface area contributed by atoms with Crippen molar-refractivity contribution in [2.45, 2.75) is 279 Å². The van der Waals surface area contributed by atoms with Gasteiger partial charge in [-0.2, -0.15) is 0 Å². The number of nitrogens with zero attached hydrogens (tertiary/aromatic N) is 1. The minimum Gasteiger partial charge on any atom is -0.510 e. The van der Waals surface area contributed by atoms with Gasteiger partial charge in [0.1, 0.15) is 60.7 Å². The number of esters is 1. The largest absolute Gasteiger partial charge is 0.510 e. The fourth-order valence-electron chi connectivity index (χ4n) is 5.71. The Balaban J connectivity index is -0.000000121. The number of alkyl halides is 1. The van der Waals surface area contributed by atoms with Gasteiger partial charge in [0.05, 0.1) is 131 Å². The number of aliphatic hydroxyl groups is 30. The first-order valence-corrected chi connectivity index (χ1v) is 39.8. The molecule has 0 amide bonds. The van der Waals surface area contributed by atoms with Crippen molar-refractivity contribution >= 4 is 41.1 Å². The molecular weight excluding hydrogens is 1650 g/mol. The van der Waals surface area contributed by atoms with Crippen molar-refractivity contribution in [1.82, 2.24) is 0 Å². The Bertz CT molecular complexity index is 2370. The number of rotatable bonds is 51. The second-order valence-electron chi connectivity index (χ2n) is 27.6. The van der Waals surface area contributed by atoms with Gasteiger partial charge in [0.15, 0.2) is 30.1 Å². The molecule has 19 atom stereocenters. The highest BCUT2D eigenvalue weighted by Crippen LogP contribution is 2.33. The van der Waals surface area contributed by atoms with Gasteiger partial charge in [-0.3, -0.25) is 14.9 Å². The molecule has 0 fully saturated rings. The van der Waals surface area contributed by atoms with Crippen molar-refractivity contribution < 1.29 is 196 Å². The molecule has 0 saturated carbocycles. The van der Waals surface area contributed by atoms with E-state index < -0.39 is 168 Å². The van der Waals surface area contributed by atoms with Crippen LogP contribution in [0.5, 0.6) is 0 Å². The molecule has 0 aromatic carbocycles. The number of terminal acetylenes is 1. The molecule has 0 aromatic heterocycles. The standard InChI is InChI=1S/C11H24O5.C9H18O6S.C9H18O5.C8H18O5.C7H14O3.C6H11ClO2S.C6H12O3.C6H10O3.2C5H12O2.C3H7NO4/c1-5-11(15,8(2)13)10(3,4)16-9(14)6-7-12;1-6(12)15-9(8(14)2-3-10)16-5-7(13)4-11;1-6(11)9(3,13)7(2)14-8(12)4-5-10;1-6(10)8(2,12)5-13-7(11)3-4-9;1-6(2)4-10-7(3,9)5-8;1-2-6(7)10-4-5(9)3-8;2*1-2-3-9-5-6(8)4-7;1-4(6)5(2,3)7;1-3-5(2,7)4-6;5-1-3(2-6)4(7)8/h8-9,12-15H,5-7H2,1-4H3;7-11,13-14H,2-5H2,1H3;7-8,10-13H,1,4-5H2,2-3H3;6-7,9-12H,3-5H2,1-2H3;8-9H,1,4-5H2,2-3H3;2,5-6,8-9H,1,3-4H2;2,6-8H,1,3-5H2;1,6-8H,3-5H2;4,6-7H,1-3H3;6-7H,3-4H2,1-2H3;3,5-6H,1-2H2. The molecule has 0 saturated heterocycles. The Morgan fingerprint density at radius 1 is 0.597 bits per heavy atom. The lowest BCUT2D eigenvalue weighted by molar-refractivity contribution is -0.528. The first-order chi connectivity index (χ1) is 54.5. The summed E-state index contributed by atoms with van der Waals surface area (Å²) in [4.78, 5) is 19.7. The third-order valence-electron chi connectivity index (χ3n) is 14.8. The van der Waals surface area contributed by atoms with Crippen LogP contribution in [0.2, 0.25) is 0 Å². The maximum absolute atomic E-state index is 10.8. The van der Waals surface area contributed by atoms with Gasteiger partial charge in [-0.25, -0.2) is 0 Å². The maximum Gasteiger partial charge on any atom is 0.303 e. The van der Waals surface area contributed by atoms with E-state index in [0.29, 0.717) is 25.2 Å². The van der Waals surface area contributed by atoms with Crippen LogP contribution in [0, 0.1) is 22.5 Å². The van der Waals surface area contributed by atoms with Crippen LogP contribution in [0.25, 0.3) is 0 Å². The summed E-state index contributed by atoms with van der Waals surface area (Å²) >= 11 is 7.98. The van der Waals surface area contributed by atoms with Crippen molar-refractivity contribution in [2.24, 2.45) is 0 Å². The molecule has 0 aromatic rings. The monoisotopic (exact) mass is 1810 g/mol. The van der Waals surface area contributed by atoms with Gasteiger partial charge in [0, 0.05) is 75.5 Å². The summed E-state index contributed by atoms with van der Waals surface area (Å²) in [6, 6.07) is -1.21. The van der Waals surface area contributed by atoms with Gasteiger partial charge in [-0.1, -0.05) is 50.7 Å². The van der Waals surface area contributed by atoms with Crippen LogP contribution in [0.1, 0.15) is 149 Å². The third-order valence-corrected chi connectivity index (χ3v) is 17.8. The molecule has 720 valence electrons. The Hall–Kier alpha value is -3.22. The molecule has 0 spiro atoms. The highest BCUT2D eigenvalue weighted by atomic mass is 35.5. The van der Waals surface area contributed by atoms with Gasteiger partial charge >= 0.3 is 5.97 Å². The van der Waals surface area contributed by atoms with Crippen LogP contribution < -0.4 is 0 Å². The Morgan fingerprint density at radius 3 is 1.31 bits per heavy atom. The molecule has 0 heterocycles. The summed E-state index contributed by atoms with van der Waals surface area (Å²) in [5.74, 6) is 0.400. The third kappa shape index (κ3) is 90.8. The zero-order valence-corrected chi connectivity index (χ0v) is 74.6. The summed E-state index contributed by atoms with van der Waals surface area (Å²) < 4.78 is 34.0. The summed E-state index contributed by atoms with van der Waals surface area (Å²) in [5, 5.41) is 275. The summed E-state index contributed by atoms with van der Waals surface area (Å²) in [5.41, 5.74) is -7.37. The second kappa shape index (κ2) is 83.0. The molecule has 30 N–H and O–H groups in total. The van der Waals surface area contributed by atoms with E-state index in [0.717, 1.165) is 17.3 Å².